The molecule has 0 atom stereocenters. The van der Waals surface area contributed by atoms with E-state index in [0.29, 0.717) is 0 Å². The van der Waals surface area contributed by atoms with E-state index in [1.54, 1.807) is 14.2 Å². The van der Waals surface area contributed by atoms with Gasteiger partial charge in [0.2, 0.25) is 0 Å². The molecule has 0 aliphatic heterocycles. The Hall–Kier alpha value is -1.71. The number of ether oxygens (including phenoxy) is 2. The van der Waals surface area contributed by atoms with Gasteiger partial charge in [-0.3, -0.25) is 0 Å². The summed E-state index contributed by atoms with van der Waals surface area (Å²) in [5, 5.41) is 4.13. The van der Waals surface area contributed by atoms with Crippen molar-refractivity contribution in [2.45, 2.75) is 13.1 Å². The Morgan fingerprint density at radius 2 is 1.55 bits per heavy atom. The molecule has 0 aliphatic carbocycles. The SMILES string of the molecule is COc1cc(CNCc2cccc(Cl)c2)cc(OC)c1. The summed E-state index contributed by atoms with van der Waals surface area (Å²) in [4.78, 5) is 0. The number of rotatable bonds is 6. The Bertz CT molecular complexity index is 550. The number of halogens is 1. The molecule has 1 N–H and O–H groups in total. The van der Waals surface area contributed by atoms with Gasteiger partial charge in [0, 0.05) is 24.2 Å². The van der Waals surface area contributed by atoms with Crippen LogP contribution in [0.25, 0.3) is 0 Å². The summed E-state index contributed by atoms with van der Waals surface area (Å²) in [7, 11) is 3.30. The Kier molecular flexibility index (Phi) is 5.27. The maximum atomic E-state index is 5.96. The van der Waals surface area contributed by atoms with E-state index in [4.69, 9.17) is 21.1 Å². The lowest BCUT2D eigenvalue weighted by Gasteiger charge is -2.09. The molecule has 0 fully saturated rings. The van der Waals surface area contributed by atoms with Gasteiger partial charge in [0.1, 0.15) is 11.5 Å². The van der Waals surface area contributed by atoms with E-state index in [1.807, 2.05) is 42.5 Å². The zero-order chi connectivity index (χ0) is 14.4. The van der Waals surface area contributed by atoms with Crippen LogP contribution in [-0.4, -0.2) is 14.2 Å². The second-order valence-electron chi connectivity index (χ2n) is 4.45. The quantitative estimate of drug-likeness (QED) is 0.881. The summed E-state index contributed by atoms with van der Waals surface area (Å²) in [6.45, 7) is 1.50. The monoisotopic (exact) mass is 291 g/mol. The highest BCUT2D eigenvalue weighted by Gasteiger charge is 2.02. The molecule has 20 heavy (non-hydrogen) atoms. The molecule has 0 saturated heterocycles. The second kappa shape index (κ2) is 7.17. The molecule has 2 aromatic carbocycles. The minimum absolute atomic E-state index is 0.736. The van der Waals surface area contributed by atoms with Crippen molar-refractivity contribution in [2.24, 2.45) is 0 Å². The van der Waals surface area contributed by atoms with Gasteiger partial charge in [0.15, 0.2) is 0 Å². The maximum absolute atomic E-state index is 5.96. The van der Waals surface area contributed by atoms with Gasteiger partial charge >= 0.3 is 0 Å². The van der Waals surface area contributed by atoms with Crippen molar-refractivity contribution in [3.63, 3.8) is 0 Å². The van der Waals surface area contributed by atoms with Crippen LogP contribution < -0.4 is 14.8 Å². The normalized spacial score (nSPS) is 10.3. The standard InChI is InChI=1S/C16H18ClNO2/c1-19-15-7-13(8-16(9-15)20-2)11-18-10-12-4-3-5-14(17)6-12/h3-9,18H,10-11H2,1-2H3. The lowest BCUT2D eigenvalue weighted by atomic mass is 10.2. The van der Waals surface area contributed by atoms with Crippen LogP contribution in [0.1, 0.15) is 11.1 Å². The van der Waals surface area contributed by atoms with Crippen molar-refractivity contribution < 1.29 is 9.47 Å². The van der Waals surface area contributed by atoms with E-state index in [-0.39, 0.29) is 0 Å². The van der Waals surface area contributed by atoms with E-state index in [1.165, 1.54) is 0 Å². The first kappa shape index (κ1) is 14.7. The molecule has 0 aromatic heterocycles. The Morgan fingerprint density at radius 3 is 2.15 bits per heavy atom. The van der Waals surface area contributed by atoms with Crippen molar-refractivity contribution in [2.75, 3.05) is 14.2 Å². The Labute approximate surface area is 124 Å². The van der Waals surface area contributed by atoms with Gasteiger partial charge in [0.05, 0.1) is 14.2 Å². The topological polar surface area (TPSA) is 30.5 Å². The summed E-state index contributed by atoms with van der Waals surface area (Å²) in [6.07, 6.45) is 0. The predicted octanol–water partition coefficient (Wildman–Crippen LogP) is 3.65. The van der Waals surface area contributed by atoms with E-state index >= 15 is 0 Å². The molecule has 0 saturated carbocycles. The van der Waals surface area contributed by atoms with Crippen LogP contribution in [0.5, 0.6) is 11.5 Å². The first-order chi connectivity index (χ1) is 9.71. The zero-order valence-corrected chi connectivity index (χ0v) is 12.4. The summed E-state index contributed by atoms with van der Waals surface area (Å²) in [5.74, 6) is 1.59. The molecule has 3 nitrogen and oxygen atoms in total. The number of benzene rings is 2. The van der Waals surface area contributed by atoms with Crippen molar-refractivity contribution in [1.29, 1.82) is 0 Å². The molecule has 0 heterocycles. The molecule has 2 aromatic rings. The predicted molar refractivity (Wildman–Crippen MR) is 81.5 cm³/mol. The summed E-state index contributed by atoms with van der Waals surface area (Å²) >= 11 is 5.96. The largest absolute Gasteiger partial charge is 0.497 e. The van der Waals surface area contributed by atoms with E-state index in [0.717, 1.165) is 40.7 Å². The lowest BCUT2D eigenvalue weighted by Crippen LogP contribution is -2.12. The molecular weight excluding hydrogens is 274 g/mol. The molecule has 0 amide bonds. The van der Waals surface area contributed by atoms with E-state index < -0.39 is 0 Å². The smallest absolute Gasteiger partial charge is 0.122 e. The summed E-state index contributed by atoms with van der Waals surface area (Å²) < 4.78 is 10.5. The second-order valence-corrected chi connectivity index (χ2v) is 4.89. The van der Waals surface area contributed by atoms with Crippen LogP contribution in [0.3, 0.4) is 0 Å². The molecule has 0 aliphatic rings. The average molecular weight is 292 g/mol. The van der Waals surface area contributed by atoms with Crippen molar-refractivity contribution in [1.82, 2.24) is 5.32 Å². The van der Waals surface area contributed by atoms with Gasteiger partial charge in [0.25, 0.3) is 0 Å². The Balaban J connectivity index is 1.96. The highest BCUT2D eigenvalue weighted by atomic mass is 35.5. The molecule has 106 valence electrons. The average Bonchev–Trinajstić information content (AvgIpc) is 2.47. The fraction of sp³-hybridized carbons (Fsp3) is 0.250. The van der Waals surface area contributed by atoms with Gasteiger partial charge < -0.3 is 14.8 Å². The molecule has 0 spiro atoms. The summed E-state index contributed by atoms with van der Waals surface area (Å²) in [6, 6.07) is 13.7. The zero-order valence-electron chi connectivity index (χ0n) is 11.7. The van der Waals surface area contributed by atoms with Gasteiger partial charge in [-0.15, -0.1) is 0 Å². The molecule has 0 bridgehead atoms. The van der Waals surface area contributed by atoms with Crippen molar-refractivity contribution in [3.8, 4) is 11.5 Å². The first-order valence-electron chi connectivity index (χ1n) is 6.38. The lowest BCUT2D eigenvalue weighted by molar-refractivity contribution is 0.393. The molecule has 2 rings (SSSR count). The molecular formula is C16H18ClNO2. The van der Waals surface area contributed by atoms with Crippen LogP contribution in [-0.2, 0) is 13.1 Å². The third-order valence-electron chi connectivity index (χ3n) is 2.96. The fourth-order valence-corrected chi connectivity index (χ4v) is 2.18. The number of nitrogens with one attached hydrogen (secondary N) is 1. The minimum Gasteiger partial charge on any atom is -0.497 e. The highest BCUT2D eigenvalue weighted by molar-refractivity contribution is 6.30. The van der Waals surface area contributed by atoms with E-state index in [9.17, 15) is 0 Å². The van der Waals surface area contributed by atoms with E-state index in [2.05, 4.69) is 5.32 Å². The van der Waals surface area contributed by atoms with Crippen LogP contribution >= 0.6 is 11.6 Å². The molecule has 0 unspecified atom stereocenters. The number of methoxy groups -OCH3 is 2. The first-order valence-corrected chi connectivity index (χ1v) is 6.76. The fourth-order valence-electron chi connectivity index (χ4n) is 1.97. The third-order valence-corrected chi connectivity index (χ3v) is 3.19. The van der Waals surface area contributed by atoms with Gasteiger partial charge in [-0.1, -0.05) is 23.7 Å². The Morgan fingerprint density at radius 1 is 0.900 bits per heavy atom. The van der Waals surface area contributed by atoms with Gasteiger partial charge in [-0.25, -0.2) is 0 Å². The van der Waals surface area contributed by atoms with Crippen LogP contribution in [0.15, 0.2) is 42.5 Å². The summed E-state index contributed by atoms with van der Waals surface area (Å²) in [5.41, 5.74) is 2.27. The third kappa shape index (κ3) is 4.15. The van der Waals surface area contributed by atoms with Crippen LogP contribution in [0, 0.1) is 0 Å². The maximum Gasteiger partial charge on any atom is 0.122 e. The highest BCUT2D eigenvalue weighted by Crippen LogP contribution is 2.22. The van der Waals surface area contributed by atoms with Crippen LogP contribution in [0.2, 0.25) is 5.02 Å². The van der Waals surface area contributed by atoms with Crippen LogP contribution in [0.4, 0.5) is 0 Å². The molecule has 4 heteroatoms. The number of hydrogen-bond donors (Lipinski definition) is 1. The van der Waals surface area contributed by atoms with Crippen molar-refractivity contribution in [3.05, 3.63) is 58.6 Å². The minimum atomic E-state index is 0.736. The number of hydrogen-bond acceptors (Lipinski definition) is 3. The molecule has 0 radical (unpaired) electrons. The van der Waals surface area contributed by atoms with Gasteiger partial charge in [-0.05, 0) is 35.4 Å². The van der Waals surface area contributed by atoms with Crippen molar-refractivity contribution >= 4 is 11.6 Å². The van der Waals surface area contributed by atoms with Gasteiger partial charge in [-0.2, -0.15) is 0 Å².